The number of hydrogen-bond acceptors (Lipinski definition) is 6. The van der Waals surface area contributed by atoms with E-state index in [4.69, 9.17) is 4.74 Å². The molecule has 0 spiro atoms. The number of nitrogens with zero attached hydrogens (tertiary/aromatic N) is 1. The van der Waals surface area contributed by atoms with E-state index in [2.05, 4.69) is 23.9 Å². The van der Waals surface area contributed by atoms with E-state index in [0.29, 0.717) is 36.9 Å². The first-order chi connectivity index (χ1) is 10.9. The molecule has 0 aromatic heterocycles. The van der Waals surface area contributed by atoms with Gasteiger partial charge in [-0.05, 0) is 23.6 Å². The van der Waals surface area contributed by atoms with Crippen LogP contribution in [0.15, 0.2) is 24.3 Å². The molecule has 1 aromatic carbocycles. The molecule has 0 saturated heterocycles. The first kappa shape index (κ1) is 18.6. The Bertz CT molecular complexity index is 570. The molecule has 0 unspecified atom stereocenters. The van der Waals surface area contributed by atoms with Crippen LogP contribution in [0, 0.1) is 16.0 Å². The second kappa shape index (κ2) is 9.58. The largest absolute Gasteiger partial charge is 0.466 e. The summed E-state index contributed by atoms with van der Waals surface area (Å²) < 4.78 is 9.90. The Morgan fingerprint density at radius 1 is 1.43 bits per heavy atom. The summed E-state index contributed by atoms with van der Waals surface area (Å²) in [6.07, 6.45) is 2.68. The highest BCUT2D eigenvalue weighted by atomic mass is 16.6. The molecular weight excluding hydrogens is 300 g/mol. The van der Waals surface area contributed by atoms with E-state index in [-0.39, 0.29) is 5.69 Å². The molecule has 7 heteroatoms. The Labute approximate surface area is 135 Å². The highest BCUT2D eigenvalue weighted by molar-refractivity contribution is 5.87. The maximum Gasteiger partial charge on any atom is 0.330 e. The van der Waals surface area contributed by atoms with Gasteiger partial charge < -0.3 is 14.8 Å². The minimum Gasteiger partial charge on any atom is -0.466 e. The Balaban J connectivity index is 2.71. The number of nitro groups is 1. The Morgan fingerprint density at radius 3 is 2.78 bits per heavy atom. The van der Waals surface area contributed by atoms with Gasteiger partial charge in [0.2, 0.25) is 0 Å². The molecule has 0 aliphatic heterocycles. The van der Waals surface area contributed by atoms with Gasteiger partial charge in [0.25, 0.3) is 5.69 Å². The number of benzene rings is 1. The summed E-state index contributed by atoms with van der Waals surface area (Å²) in [5, 5.41) is 14.2. The van der Waals surface area contributed by atoms with Crippen LogP contribution in [0.25, 0.3) is 6.08 Å². The third kappa shape index (κ3) is 6.92. The van der Waals surface area contributed by atoms with Gasteiger partial charge in [0.05, 0.1) is 18.6 Å². The van der Waals surface area contributed by atoms with Crippen molar-refractivity contribution in [3.8, 4) is 0 Å². The average Bonchev–Trinajstić information content (AvgIpc) is 2.52. The molecule has 0 saturated carbocycles. The summed E-state index contributed by atoms with van der Waals surface area (Å²) in [5.74, 6) is -0.0672. The Morgan fingerprint density at radius 2 is 2.17 bits per heavy atom. The van der Waals surface area contributed by atoms with Crippen LogP contribution in [0.4, 0.5) is 11.4 Å². The van der Waals surface area contributed by atoms with Crippen molar-refractivity contribution in [3.63, 3.8) is 0 Å². The number of carbonyl (C=O) groups is 1. The van der Waals surface area contributed by atoms with E-state index in [0.717, 1.165) is 0 Å². The minimum atomic E-state index is -0.517. The van der Waals surface area contributed by atoms with Crippen LogP contribution >= 0.6 is 0 Å². The Hall–Kier alpha value is -2.41. The summed E-state index contributed by atoms with van der Waals surface area (Å²) >= 11 is 0. The van der Waals surface area contributed by atoms with Gasteiger partial charge in [-0.1, -0.05) is 19.9 Å². The monoisotopic (exact) mass is 322 g/mol. The zero-order valence-electron chi connectivity index (χ0n) is 13.6. The number of hydrogen-bond donors (Lipinski definition) is 1. The standard InChI is InChI=1S/C16H22N2O5/c1-12(2)11-23-9-8-17-14-6-4-13(5-7-16(19)22-3)10-15(14)18(20)21/h4-7,10,12,17H,8-9,11H2,1-3H3. The van der Waals surface area contributed by atoms with E-state index in [1.54, 1.807) is 12.1 Å². The molecule has 0 amide bonds. The molecule has 0 fully saturated rings. The highest BCUT2D eigenvalue weighted by Gasteiger charge is 2.13. The van der Waals surface area contributed by atoms with Crippen LogP contribution in [0.5, 0.6) is 0 Å². The molecule has 0 aliphatic rings. The van der Waals surface area contributed by atoms with Gasteiger partial charge >= 0.3 is 5.97 Å². The molecule has 0 atom stereocenters. The number of carbonyl (C=O) groups excluding carboxylic acids is 1. The van der Waals surface area contributed by atoms with Gasteiger partial charge in [-0.25, -0.2) is 4.79 Å². The first-order valence-electron chi connectivity index (χ1n) is 7.30. The predicted molar refractivity (Wildman–Crippen MR) is 88.3 cm³/mol. The molecular formula is C16H22N2O5. The Kier molecular flexibility index (Phi) is 7.76. The second-order valence-electron chi connectivity index (χ2n) is 5.29. The highest BCUT2D eigenvalue weighted by Crippen LogP contribution is 2.26. The molecule has 1 aromatic rings. The number of nitro benzene ring substituents is 1. The lowest BCUT2D eigenvalue weighted by Crippen LogP contribution is -2.13. The van der Waals surface area contributed by atoms with Crippen molar-refractivity contribution in [1.29, 1.82) is 0 Å². The van der Waals surface area contributed by atoms with Crippen molar-refractivity contribution in [2.75, 3.05) is 32.2 Å². The van der Waals surface area contributed by atoms with Crippen molar-refractivity contribution in [3.05, 3.63) is 40.0 Å². The first-order valence-corrected chi connectivity index (χ1v) is 7.30. The van der Waals surface area contributed by atoms with Gasteiger partial charge in [0.15, 0.2) is 0 Å². The second-order valence-corrected chi connectivity index (χ2v) is 5.29. The zero-order chi connectivity index (χ0) is 17.2. The maximum atomic E-state index is 11.2. The molecule has 7 nitrogen and oxygen atoms in total. The fourth-order valence-corrected chi connectivity index (χ4v) is 1.76. The average molecular weight is 322 g/mol. The van der Waals surface area contributed by atoms with Crippen molar-refractivity contribution in [2.24, 2.45) is 5.92 Å². The van der Waals surface area contributed by atoms with Crippen molar-refractivity contribution in [2.45, 2.75) is 13.8 Å². The summed E-state index contributed by atoms with van der Waals surface area (Å²) in [4.78, 5) is 21.8. The fourth-order valence-electron chi connectivity index (χ4n) is 1.76. The van der Waals surface area contributed by atoms with E-state index < -0.39 is 10.9 Å². The van der Waals surface area contributed by atoms with Gasteiger partial charge in [-0.2, -0.15) is 0 Å². The molecule has 1 N–H and O–H groups in total. The number of ether oxygens (including phenoxy) is 2. The zero-order valence-corrected chi connectivity index (χ0v) is 13.6. The van der Waals surface area contributed by atoms with Crippen LogP contribution in [-0.4, -0.2) is 37.8 Å². The number of anilines is 1. The maximum absolute atomic E-state index is 11.2. The number of nitrogens with one attached hydrogen (secondary N) is 1. The lowest BCUT2D eigenvalue weighted by Gasteiger charge is -2.09. The third-order valence-electron chi connectivity index (χ3n) is 2.84. The molecule has 0 radical (unpaired) electrons. The number of esters is 1. The van der Waals surface area contributed by atoms with Crippen molar-refractivity contribution < 1.29 is 19.2 Å². The van der Waals surface area contributed by atoms with Gasteiger partial charge in [-0.3, -0.25) is 10.1 Å². The summed E-state index contributed by atoms with van der Waals surface area (Å²) in [6, 6.07) is 4.69. The molecule has 126 valence electrons. The SMILES string of the molecule is COC(=O)C=Cc1ccc(NCCOCC(C)C)c([N+](=O)[O-])c1. The predicted octanol–water partition coefficient (Wildman–Crippen LogP) is 2.87. The minimum absolute atomic E-state index is 0.0547. The normalized spacial score (nSPS) is 11.0. The third-order valence-corrected chi connectivity index (χ3v) is 2.84. The molecule has 0 bridgehead atoms. The van der Waals surface area contributed by atoms with Crippen molar-refractivity contribution >= 4 is 23.4 Å². The van der Waals surface area contributed by atoms with Crippen LogP contribution in [0.3, 0.4) is 0 Å². The summed E-state index contributed by atoms with van der Waals surface area (Å²) in [5.41, 5.74) is 0.906. The van der Waals surface area contributed by atoms with E-state index in [1.807, 2.05) is 0 Å². The smallest absolute Gasteiger partial charge is 0.330 e. The van der Waals surface area contributed by atoms with Gasteiger partial charge in [-0.15, -0.1) is 0 Å². The van der Waals surface area contributed by atoms with Crippen LogP contribution in [0.1, 0.15) is 19.4 Å². The van der Waals surface area contributed by atoms with Crippen molar-refractivity contribution in [1.82, 2.24) is 0 Å². The fraction of sp³-hybridized carbons (Fsp3) is 0.438. The molecule has 0 heterocycles. The lowest BCUT2D eigenvalue weighted by molar-refractivity contribution is -0.384. The van der Waals surface area contributed by atoms with Gasteiger partial charge in [0.1, 0.15) is 5.69 Å². The summed E-state index contributed by atoms with van der Waals surface area (Å²) in [7, 11) is 1.27. The van der Waals surface area contributed by atoms with E-state index in [9.17, 15) is 14.9 Å². The lowest BCUT2D eigenvalue weighted by atomic mass is 10.1. The quantitative estimate of drug-likeness (QED) is 0.247. The topological polar surface area (TPSA) is 90.7 Å². The van der Waals surface area contributed by atoms with Crippen LogP contribution in [0.2, 0.25) is 0 Å². The van der Waals surface area contributed by atoms with Gasteiger partial charge in [0, 0.05) is 25.3 Å². The molecule has 0 aliphatic carbocycles. The number of methoxy groups -OCH3 is 1. The van der Waals surface area contributed by atoms with E-state index in [1.165, 1.54) is 25.3 Å². The molecule has 1 rings (SSSR count). The molecule has 23 heavy (non-hydrogen) atoms. The van der Waals surface area contributed by atoms with E-state index >= 15 is 0 Å². The summed E-state index contributed by atoms with van der Waals surface area (Å²) in [6.45, 7) is 5.71. The van der Waals surface area contributed by atoms with Crippen LogP contribution in [-0.2, 0) is 14.3 Å². The van der Waals surface area contributed by atoms with Crippen LogP contribution < -0.4 is 5.32 Å². The number of rotatable bonds is 9.